The molecule has 2 aromatic heterocycles. The molecular formula is C22H19FN4O. The van der Waals surface area contributed by atoms with Crippen LogP contribution in [0.25, 0.3) is 16.7 Å². The molecule has 4 rings (SSSR count). The molecule has 1 amide bonds. The molecule has 0 saturated carbocycles. The van der Waals surface area contributed by atoms with Gasteiger partial charge in [-0.3, -0.25) is 4.79 Å². The zero-order valence-electron chi connectivity index (χ0n) is 15.8. The van der Waals surface area contributed by atoms with Gasteiger partial charge in [-0.05, 0) is 56.7 Å². The summed E-state index contributed by atoms with van der Waals surface area (Å²) in [7, 11) is 0. The Labute approximate surface area is 161 Å². The molecule has 5 nitrogen and oxygen atoms in total. The molecule has 0 radical (unpaired) electrons. The van der Waals surface area contributed by atoms with Crippen molar-refractivity contribution >= 4 is 22.6 Å². The number of fused-ring (bicyclic) bond motifs is 1. The molecule has 0 aliphatic carbocycles. The fourth-order valence-corrected chi connectivity index (χ4v) is 3.21. The molecule has 0 saturated heterocycles. The van der Waals surface area contributed by atoms with Gasteiger partial charge in [-0.2, -0.15) is 5.10 Å². The molecule has 1 N–H and O–H groups in total. The fourth-order valence-electron chi connectivity index (χ4n) is 3.21. The normalized spacial score (nSPS) is 11.0. The number of halogens is 1. The predicted molar refractivity (Wildman–Crippen MR) is 107 cm³/mol. The Morgan fingerprint density at radius 1 is 1.04 bits per heavy atom. The van der Waals surface area contributed by atoms with Crippen molar-refractivity contribution < 1.29 is 9.18 Å². The Kier molecular flexibility index (Phi) is 4.39. The summed E-state index contributed by atoms with van der Waals surface area (Å²) < 4.78 is 15.6. The van der Waals surface area contributed by atoms with Gasteiger partial charge in [-0.15, -0.1) is 0 Å². The van der Waals surface area contributed by atoms with Crippen molar-refractivity contribution in [3.8, 4) is 5.69 Å². The number of benzene rings is 2. The zero-order valence-corrected chi connectivity index (χ0v) is 15.8. The number of aromatic nitrogens is 3. The number of rotatable bonds is 3. The first-order valence-corrected chi connectivity index (χ1v) is 8.94. The molecule has 0 bridgehead atoms. The third-order valence-electron chi connectivity index (χ3n) is 4.62. The Balaban J connectivity index is 1.82. The van der Waals surface area contributed by atoms with Gasteiger partial charge in [0.25, 0.3) is 5.91 Å². The minimum atomic E-state index is -0.359. The topological polar surface area (TPSA) is 59.8 Å². The number of carbonyl (C=O) groups is 1. The molecule has 0 aliphatic heterocycles. The van der Waals surface area contributed by atoms with Crippen molar-refractivity contribution in [3.05, 3.63) is 82.9 Å². The second-order valence-corrected chi connectivity index (χ2v) is 6.76. The highest BCUT2D eigenvalue weighted by Crippen LogP contribution is 2.26. The van der Waals surface area contributed by atoms with Crippen molar-refractivity contribution in [3.63, 3.8) is 0 Å². The Morgan fingerprint density at radius 3 is 2.50 bits per heavy atom. The van der Waals surface area contributed by atoms with Crippen LogP contribution in [0.5, 0.6) is 0 Å². The van der Waals surface area contributed by atoms with E-state index in [9.17, 15) is 9.18 Å². The lowest BCUT2D eigenvalue weighted by Gasteiger charge is -2.09. The Bertz CT molecular complexity index is 1200. The monoisotopic (exact) mass is 374 g/mol. The maximum Gasteiger partial charge on any atom is 0.256 e. The second kappa shape index (κ2) is 6.88. The van der Waals surface area contributed by atoms with Crippen molar-refractivity contribution in [1.29, 1.82) is 0 Å². The number of hydrogen-bond donors (Lipinski definition) is 1. The van der Waals surface area contributed by atoms with E-state index in [1.54, 1.807) is 29.8 Å². The van der Waals surface area contributed by atoms with E-state index in [1.165, 1.54) is 6.07 Å². The van der Waals surface area contributed by atoms with Crippen LogP contribution < -0.4 is 5.32 Å². The number of pyridine rings is 1. The summed E-state index contributed by atoms with van der Waals surface area (Å²) in [6.07, 6.45) is 0. The van der Waals surface area contributed by atoms with Gasteiger partial charge in [0.05, 0.1) is 22.3 Å². The van der Waals surface area contributed by atoms with E-state index in [0.717, 1.165) is 5.69 Å². The average Bonchev–Trinajstić information content (AvgIpc) is 3.01. The first-order chi connectivity index (χ1) is 13.4. The first kappa shape index (κ1) is 17.9. The van der Waals surface area contributed by atoms with Gasteiger partial charge in [0, 0.05) is 11.4 Å². The first-order valence-electron chi connectivity index (χ1n) is 8.94. The number of hydrogen-bond acceptors (Lipinski definition) is 3. The van der Waals surface area contributed by atoms with Gasteiger partial charge >= 0.3 is 0 Å². The molecule has 2 heterocycles. The van der Waals surface area contributed by atoms with E-state index >= 15 is 0 Å². The van der Waals surface area contributed by atoms with Gasteiger partial charge in [0.2, 0.25) is 0 Å². The van der Waals surface area contributed by atoms with Crippen LogP contribution in [0.2, 0.25) is 0 Å². The van der Waals surface area contributed by atoms with E-state index in [1.807, 2.05) is 44.2 Å². The maximum absolute atomic E-state index is 13.8. The number of nitrogens with one attached hydrogen (secondary N) is 1. The van der Waals surface area contributed by atoms with Crippen LogP contribution >= 0.6 is 0 Å². The number of nitrogens with zero attached hydrogens (tertiary/aromatic N) is 3. The second-order valence-electron chi connectivity index (χ2n) is 6.76. The lowest BCUT2D eigenvalue weighted by Crippen LogP contribution is -2.13. The van der Waals surface area contributed by atoms with Crippen LogP contribution in [-0.2, 0) is 0 Å². The van der Waals surface area contributed by atoms with E-state index in [-0.39, 0.29) is 11.7 Å². The summed E-state index contributed by atoms with van der Waals surface area (Å²) in [5, 5.41) is 8.05. The molecule has 4 aromatic rings. The van der Waals surface area contributed by atoms with E-state index in [0.29, 0.717) is 39.2 Å². The third kappa shape index (κ3) is 3.13. The van der Waals surface area contributed by atoms with Crippen molar-refractivity contribution in [2.24, 2.45) is 0 Å². The van der Waals surface area contributed by atoms with Gasteiger partial charge in [-0.25, -0.2) is 14.1 Å². The summed E-state index contributed by atoms with van der Waals surface area (Å²) >= 11 is 0. The van der Waals surface area contributed by atoms with Crippen LogP contribution in [0.1, 0.15) is 27.3 Å². The highest BCUT2D eigenvalue weighted by Gasteiger charge is 2.19. The maximum atomic E-state index is 13.8. The standard InChI is InChI=1S/C22H19FN4O/c1-13-9-10-16(12-19(13)23)25-22(28)18-11-14(2)24-21-20(18)15(3)26-27(21)17-7-5-4-6-8-17/h4-12H,1-3H3,(H,25,28). The third-order valence-corrected chi connectivity index (χ3v) is 4.62. The zero-order chi connectivity index (χ0) is 19.8. The number of aryl methyl sites for hydroxylation is 3. The largest absolute Gasteiger partial charge is 0.322 e. The van der Waals surface area contributed by atoms with Crippen LogP contribution in [0.3, 0.4) is 0 Å². The molecule has 0 atom stereocenters. The number of carbonyl (C=O) groups excluding carboxylic acids is 1. The average molecular weight is 374 g/mol. The van der Waals surface area contributed by atoms with Crippen LogP contribution in [0, 0.1) is 26.6 Å². The molecule has 0 aliphatic rings. The van der Waals surface area contributed by atoms with Crippen LogP contribution in [0.15, 0.2) is 54.6 Å². The SMILES string of the molecule is Cc1cc(C(=O)Nc2ccc(C)c(F)c2)c2c(C)nn(-c3ccccc3)c2n1. The van der Waals surface area contributed by atoms with Crippen LogP contribution in [-0.4, -0.2) is 20.7 Å². The number of anilines is 1. The Hall–Kier alpha value is -3.54. The lowest BCUT2D eigenvalue weighted by atomic mass is 10.1. The minimum Gasteiger partial charge on any atom is -0.322 e. The predicted octanol–water partition coefficient (Wildman–Crippen LogP) is 4.74. The molecule has 140 valence electrons. The number of amides is 1. The highest BCUT2D eigenvalue weighted by molar-refractivity contribution is 6.12. The van der Waals surface area contributed by atoms with E-state index in [2.05, 4.69) is 15.4 Å². The lowest BCUT2D eigenvalue weighted by molar-refractivity contribution is 0.102. The van der Waals surface area contributed by atoms with Gasteiger partial charge < -0.3 is 5.32 Å². The quantitative estimate of drug-likeness (QED) is 0.564. The molecule has 2 aromatic carbocycles. The molecule has 0 unspecified atom stereocenters. The van der Waals surface area contributed by atoms with Crippen LogP contribution in [0.4, 0.5) is 10.1 Å². The van der Waals surface area contributed by atoms with Crippen molar-refractivity contribution in [1.82, 2.24) is 14.8 Å². The fraction of sp³-hybridized carbons (Fsp3) is 0.136. The summed E-state index contributed by atoms with van der Waals surface area (Å²) in [5.41, 5.74) is 4.28. The summed E-state index contributed by atoms with van der Waals surface area (Å²) in [4.78, 5) is 17.6. The van der Waals surface area contributed by atoms with Crippen molar-refractivity contribution in [2.45, 2.75) is 20.8 Å². The molecule has 28 heavy (non-hydrogen) atoms. The van der Waals surface area contributed by atoms with Gasteiger partial charge in [0.15, 0.2) is 5.65 Å². The molecule has 0 fully saturated rings. The summed E-state index contributed by atoms with van der Waals surface area (Å²) in [5.74, 6) is -0.684. The minimum absolute atomic E-state index is 0.325. The van der Waals surface area contributed by atoms with Gasteiger partial charge in [-0.1, -0.05) is 24.3 Å². The molecular weight excluding hydrogens is 355 g/mol. The Morgan fingerprint density at radius 2 is 1.79 bits per heavy atom. The van der Waals surface area contributed by atoms with Crippen molar-refractivity contribution in [2.75, 3.05) is 5.32 Å². The number of para-hydroxylation sites is 1. The highest BCUT2D eigenvalue weighted by atomic mass is 19.1. The smallest absolute Gasteiger partial charge is 0.256 e. The summed E-state index contributed by atoms with van der Waals surface area (Å²) in [6, 6.07) is 16.0. The van der Waals surface area contributed by atoms with Gasteiger partial charge in [0.1, 0.15) is 5.82 Å². The van der Waals surface area contributed by atoms with E-state index < -0.39 is 0 Å². The molecule has 0 spiro atoms. The molecule has 6 heteroatoms. The summed E-state index contributed by atoms with van der Waals surface area (Å²) in [6.45, 7) is 5.36. The van der Waals surface area contributed by atoms with E-state index in [4.69, 9.17) is 0 Å².